The second-order valence-corrected chi connectivity index (χ2v) is 5.15. The highest BCUT2D eigenvalue weighted by molar-refractivity contribution is 7.19. The Balaban J connectivity index is 1.91. The van der Waals surface area contributed by atoms with E-state index in [1.54, 1.807) is 17.4 Å². The Labute approximate surface area is 115 Å². The van der Waals surface area contributed by atoms with E-state index >= 15 is 0 Å². The zero-order chi connectivity index (χ0) is 13.1. The minimum atomic E-state index is 0.673. The Morgan fingerprint density at radius 2 is 1.95 bits per heavy atom. The number of rotatable bonds is 2. The molecule has 0 aliphatic rings. The minimum Gasteiger partial charge on any atom is -0.237 e. The molecular weight excluding hydrogens is 252 g/mol. The highest BCUT2D eigenvalue weighted by atomic mass is 32.1. The van der Waals surface area contributed by atoms with Crippen LogP contribution in [0.4, 0.5) is 0 Å². The van der Waals surface area contributed by atoms with Gasteiger partial charge in [0.1, 0.15) is 5.01 Å². The molecule has 2 aromatic carbocycles. The summed E-state index contributed by atoms with van der Waals surface area (Å²) in [6.07, 6.45) is 3.97. The molecule has 0 aliphatic carbocycles. The predicted octanol–water partition coefficient (Wildman–Crippen LogP) is 4.34. The monoisotopic (exact) mass is 262 g/mol. The molecule has 19 heavy (non-hydrogen) atoms. The van der Waals surface area contributed by atoms with Crippen LogP contribution in [0.15, 0.2) is 48.5 Å². The molecule has 3 rings (SSSR count). The van der Waals surface area contributed by atoms with E-state index in [0.717, 1.165) is 16.1 Å². The Hall–Kier alpha value is -2.44. The summed E-state index contributed by atoms with van der Waals surface area (Å²) in [6, 6.07) is 17.8. The van der Waals surface area contributed by atoms with Crippen molar-refractivity contribution in [3.05, 3.63) is 64.7 Å². The summed E-state index contributed by atoms with van der Waals surface area (Å²) in [5.41, 5.74) is 2.71. The van der Waals surface area contributed by atoms with Crippen LogP contribution in [-0.2, 0) is 0 Å². The topological polar surface area (TPSA) is 36.7 Å². The number of para-hydroxylation sites is 1. The van der Waals surface area contributed by atoms with E-state index in [9.17, 15) is 0 Å². The molecule has 0 atom stereocenters. The standard InChI is InChI=1S/C16H10N2S/c17-11-13-5-3-4-12(10-13)8-9-16-18-14-6-1-2-7-15(14)19-16/h1-10H/b9-8+. The maximum atomic E-state index is 8.86. The van der Waals surface area contributed by atoms with Crippen LogP contribution < -0.4 is 0 Å². The van der Waals surface area contributed by atoms with E-state index in [1.807, 2.05) is 48.6 Å². The van der Waals surface area contributed by atoms with E-state index in [0.29, 0.717) is 5.56 Å². The average molecular weight is 262 g/mol. The number of fused-ring (bicyclic) bond motifs is 1. The molecule has 3 aromatic rings. The summed E-state index contributed by atoms with van der Waals surface area (Å²) in [6.45, 7) is 0. The first kappa shape index (κ1) is 11.6. The normalized spacial score (nSPS) is 10.9. The smallest absolute Gasteiger partial charge is 0.117 e. The lowest BCUT2D eigenvalue weighted by Crippen LogP contribution is -1.76. The first-order chi connectivity index (χ1) is 9.35. The summed E-state index contributed by atoms with van der Waals surface area (Å²) in [7, 11) is 0. The van der Waals surface area contributed by atoms with Crippen LogP contribution in [0.2, 0.25) is 0 Å². The maximum absolute atomic E-state index is 8.86. The fourth-order valence-corrected chi connectivity index (χ4v) is 2.71. The molecule has 0 radical (unpaired) electrons. The zero-order valence-electron chi connectivity index (χ0n) is 10.1. The van der Waals surface area contributed by atoms with Gasteiger partial charge in [-0.3, -0.25) is 0 Å². The van der Waals surface area contributed by atoms with E-state index in [-0.39, 0.29) is 0 Å². The lowest BCUT2D eigenvalue weighted by atomic mass is 10.1. The molecule has 90 valence electrons. The number of hydrogen-bond donors (Lipinski definition) is 0. The number of nitriles is 1. The molecule has 0 saturated heterocycles. The highest BCUT2D eigenvalue weighted by Gasteiger charge is 1.99. The summed E-state index contributed by atoms with van der Waals surface area (Å²) in [4.78, 5) is 4.54. The summed E-state index contributed by atoms with van der Waals surface area (Å²) >= 11 is 1.66. The number of benzene rings is 2. The number of nitrogens with zero attached hydrogens (tertiary/aromatic N) is 2. The maximum Gasteiger partial charge on any atom is 0.117 e. The molecule has 0 aliphatic heterocycles. The Bertz CT molecular complexity index is 761. The molecule has 0 spiro atoms. The Morgan fingerprint density at radius 1 is 1.05 bits per heavy atom. The third kappa shape index (κ3) is 2.54. The van der Waals surface area contributed by atoms with Crippen molar-refractivity contribution in [3.63, 3.8) is 0 Å². The SMILES string of the molecule is N#Cc1cccc(/C=C/c2nc3ccccc3s2)c1. The molecule has 0 amide bonds. The molecule has 0 fully saturated rings. The van der Waals surface area contributed by atoms with Crippen molar-refractivity contribution < 1.29 is 0 Å². The summed E-state index contributed by atoms with van der Waals surface area (Å²) in [5.74, 6) is 0. The van der Waals surface area contributed by atoms with E-state index in [2.05, 4.69) is 17.1 Å². The number of aromatic nitrogens is 1. The molecule has 1 heterocycles. The van der Waals surface area contributed by atoms with Gasteiger partial charge in [0.2, 0.25) is 0 Å². The number of hydrogen-bond acceptors (Lipinski definition) is 3. The quantitative estimate of drug-likeness (QED) is 0.689. The van der Waals surface area contributed by atoms with E-state index in [1.165, 1.54) is 4.70 Å². The Morgan fingerprint density at radius 3 is 2.79 bits per heavy atom. The van der Waals surface area contributed by atoms with Gasteiger partial charge in [0.15, 0.2) is 0 Å². The third-order valence-electron chi connectivity index (χ3n) is 2.74. The van der Waals surface area contributed by atoms with Crippen molar-refractivity contribution in [1.82, 2.24) is 4.98 Å². The minimum absolute atomic E-state index is 0.673. The second-order valence-electron chi connectivity index (χ2n) is 4.09. The van der Waals surface area contributed by atoms with Gasteiger partial charge in [0.25, 0.3) is 0 Å². The van der Waals surface area contributed by atoms with Gasteiger partial charge in [-0.2, -0.15) is 5.26 Å². The molecule has 0 bridgehead atoms. The van der Waals surface area contributed by atoms with Crippen LogP contribution in [0.1, 0.15) is 16.1 Å². The van der Waals surface area contributed by atoms with Crippen molar-refractivity contribution in [2.24, 2.45) is 0 Å². The molecule has 0 N–H and O–H groups in total. The summed E-state index contributed by atoms with van der Waals surface area (Å²) in [5, 5.41) is 9.83. The van der Waals surface area contributed by atoms with Crippen LogP contribution in [0.3, 0.4) is 0 Å². The van der Waals surface area contributed by atoms with Crippen LogP contribution >= 0.6 is 11.3 Å². The molecule has 0 unspecified atom stereocenters. The number of thiazole rings is 1. The average Bonchev–Trinajstić information content (AvgIpc) is 2.88. The Kier molecular flexibility index (Phi) is 3.09. The lowest BCUT2D eigenvalue weighted by molar-refractivity contribution is 1.46. The molecule has 0 saturated carbocycles. The molecule has 2 nitrogen and oxygen atoms in total. The van der Waals surface area contributed by atoms with Crippen LogP contribution in [0.5, 0.6) is 0 Å². The molecular formula is C16H10N2S. The fourth-order valence-electron chi connectivity index (χ4n) is 1.84. The first-order valence-electron chi connectivity index (χ1n) is 5.89. The summed E-state index contributed by atoms with van der Waals surface area (Å²) < 4.78 is 1.19. The van der Waals surface area contributed by atoms with Gasteiger partial charge >= 0.3 is 0 Å². The van der Waals surface area contributed by atoms with Crippen molar-refractivity contribution >= 4 is 33.7 Å². The van der Waals surface area contributed by atoms with E-state index < -0.39 is 0 Å². The van der Waals surface area contributed by atoms with Crippen molar-refractivity contribution in [1.29, 1.82) is 5.26 Å². The van der Waals surface area contributed by atoms with Gasteiger partial charge in [0, 0.05) is 0 Å². The van der Waals surface area contributed by atoms with Gasteiger partial charge in [0.05, 0.1) is 21.8 Å². The van der Waals surface area contributed by atoms with Crippen molar-refractivity contribution in [2.45, 2.75) is 0 Å². The predicted molar refractivity (Wildman–Crippen MR) is 79.7 cm³/mol. The van der Waals surface area contributed by atoms with Gasteiger partial charge < -0.3 is 0 Å². The first-order valence-corrected chi connectivity index (χ1v) is 6.70. The zero-order valence-corrected chi connectivity index (χ0v) is 10.9. The fraction of sp³-hybridized carbons (Fsp3) is 0. The molecule has 3 heteroatoms. The van der Waals surface area contributed by atoms with Crippen LogP contribution in [0.25, 0.3) is 22.4 Å². The van der Waals surface area contributed by atoms with Gasteiger partial charge in [-0.15, -0.1) is 11.3 Å². The van der Waals surface area contributed by atoms with Crippen LogP contribution in [-0.4, -0.2) is 4.98 Å². The van der Waals surface area contributed by atoms with Crippen molar-refractivity contribution in [2.75, 3.05) is 0 Å². The van der Waals surface area contributed by atoms with Crippen molar-refractivity contribution in [3.8, 4) is 6.07 Å². The van der Waals surface area contributed by atoms with E-state index in [4.69, 9.17) is 5.26 Å². The lowest BCUT2D eigenvalue weighted by Gasteiger charge is -1.92. The highest BCUT2D eigenvalue weighted by Crippen LogP contribution is 2.23. The second kappa shape index (κ2) is 5.05. The largest absolute Gasteiger partial charge is 0.237 e. The van der Waals surface area contributed by atoms with Gasteiger partial charge in [-0.1, -0.05) is 30.3 Å². The third-order valence-corrected chi connectivity index (χ3v) is 3.75. The van der Waals surface area contributed by atoms with Crippen LogP contribution in [0, 0.1) is 11.3 Å². The van der Waals surface area contributed by atoms with Gasteiger partial charge in [-0.05, 0) is 35.9 Å². The molecule has 1 aromatic heterocycles. The van der Waals surface area contributed by atoms with Gasteiger partial charge in [-0.25, -0.2) is 4.98 Å².